The predicted molar refractivity (Wildman–Crippen MR) is 188 cm³/mol. The van der Waals surface area contributed by atoms with Crippen LogP contribution in [0.4, 0.5) is 0 Å². The molecule has 0 radical (unpaired) electrons. The molecule has 6 rings (SSSR count). The number of carbonyl (C=O) groups excluding carboxylic acids is 1. The van der Waals surface area contributed by atoms with Gasteiger partial charge in [-0.3, -0.25) is 4.79 Å². The topological polar surface area (TPSA) is 89.4 Å². The minimum Gasteiger partial charge on any atom is -0.496 e. The van der Waals surface area contributed by atoms with Crippen LogP contribution in [0.1, 0.15) is 34.8 Å². The van der Waals surface area contributed by atoms with Crippen molar-refractivity contribution in [1.29, 1.82) is 0 Å². The summed E-state index contributed by atoms with van der Waals surface area (Å²) in [5.41, 5.74) is 4.48. The number of methoxy groups -OCH3 is 1. The first-order chi connectivity index (χ1) is 23.6. The van der Waals surface area contributed by atoms with Crippen molar-refractivity contribution in [2.45, 2.75) is 30.9 Å². The van der Waals surface area contributed by atoms with E-state index in [0.717, 1.165) is 39.1 Å². The SMILES string of the molecule is COc1ccccc1CCNC(=O)[C@]1(Cc2ccccc2)N=C(c2ccc(OCCCO)cc2)O[C@@H]1c1ccc(-c2ccccc2)cc1. The fraction of sp³-hybridized carbons (Fsp3) is 0.220. The number of rotatable bonds is 14. The quantitative estimate of drug-likeness (QED) is 0.128. The van der Waals surface area contributed by atoms with Gasteiger partial charge in [-0.2, -0.15) is 0 Å². The van der Waals surface area contributed by atoms with Gasteiger partial charge in [-0.05, 0) is 64.6 Å². The summed E-state index contributed by atoms with van der Waals surface area (Å²) in [6, 6.07) is 43.7. The zero-order valence-corrected chi connectivity index (χ0v) is 27.0. The van der Waals surface area contributed by atoms with E-state index in [1.54, 1.807) is 7.11 Å². The highest BCUT2D eigenvalue weighted by atomic mass is 16.5. The van der Waals surface area contributed by atoms with E-state index in [2.05, 4.69) is 29.6 Å². The molecule has 2 N–H and O–H groups in total. The number of benzene rings is 5. The maximum Gasteiger partial charge on any atom is 0.252 e. The Morgan fingerprint density at radius 1 is 0.812 bits per heavy atom. The molecular formula is C41H40N2O5. The molecule has 0 fully saturated rings. The summed E-state index contributed by atoms with van der Waals surface area (Å²) < 4.78 is 18.0. The number of aliphatic hydroxyl groups is 1. The summed E-state index contributed by atoms with van der Waals surface area (Å²) in [5, 5.41) is 12.3. The molecule has 5 aromatic carbocycles. The van der Waals surface area contributed by atoms with E-state index in [1.165, 1.54) is 0 Å². The Labute approximate surface area is 281 Å². The molecule has 5 aromatic rings. The first-order valence-electron chi connectivity index (χ1n) is 16.3. The van der Waals surface area contributed by atoms with Crippen LogP contribution < -0.4 is 14.8 Å². The summed E-state index contributed by atoms with van der Waals surface area (Å²) in [7, 11) is 1.65. The van der Waals surface area contributed by atoms with E-state index in [1.807, 2.05) is 109 Å². The van der Waals surface area contributed by atoms with Gasteiger partial charge in [0.15, 0.2) is 11.6 Å². The van der Waals surface area contributed by atoms with Gasteiger partial charge in [0, 0.05) is 31.6 Å². The van der Waals surface area contributed by atoms with Gasteiger partial charge in [0.1, 0.15) is 11.5 Å². The Kier molecular flexibility index (Phi) is 10.5. The Balaban J connectivity index is 1.36. The number of nitrogens with one attached hydrogen (secondary N) is 1. The van der Waals surface area contributed by atoms with E-state index in [0.29, 0.717) is 44.1 Å². The molecule has 1 aliphatic heterocycles. The van der Waals surface area contributed by atoms with Crippen LogP contribution in [0.3, 0.4) is 0 Å². The molecule has 7 heteroatoms. The molecule has 7 nitrogen and oxygen atoms in total. The monoisotopic (exact) mass is 640 g/mol. The minimum absolute atomic E-state index is 0.0703. The number of aliphatic hydroxyl groups excluding tert-OH is 1. The van der Waals surface area contributed by atoms with Crippen LogP contribution in [0, 0.1) is 0 Å². The minimum atomic E-state index is -1.29. The van der Waals surface area contributed by atoms with Crippen molar-refractivity contribution in [2.75, 3.05) is 26.9 Å². The van der Waals surface area contributed by atoms with Gasteiger partial charge in [0.2, 0.25) is 5.90 Å². The van der Waals surface area contributed by atoms with Crippen molar-refractivity contribution in [2.24, 2.45) is 4.99 Å². The van der Waals surface area contributed by atoms with Crippen molar-refractivity contribution >= 4 is 11.8 Å². The smallest absolute Gasteiger partial charge is 0.252 e. The largest absolute Gasteiger partial charge is 0.496 e. The van der Waals surface area contributed by atoms with Crippen LogP contribution in [0.25, 0.3) is 11.1 Å². The van der Waals surface area contributed by atoms with Crippen molar-refractivity contribution in [3.05, 3.63) is 156 Å². The Bertz CT molecular complexity index is 1810. The molecule has 0 saturated heterocycles. The second kappa shape index (κ2) is 15.5. The number of carbonyl (C=O) groups is 1. The van der Waals surface area contributed by atoms with E-state index < -0.39 is 11.6 Å². The Morgan fingerprint density at radius 2 is 1.46 bits per heavy atom. The lowest BCUT2D eigenvalue weighted by Crippen LogP contribution is -2.50. The maximum atomic E-state index is 14.6. The molecule has 0 bridgehead atoms. The van der Waals surface area contributed by atoms with Crippen molar-refractivity contribution < 1.29 is 24.1 Å². The second-order valence-corrected chi connectivity index (χ2v) is 11.8. The summed E-state index contributed by atoms with van der Waals surface area (Å²) >= 11 is 0. The van der Waals surface area contributed by atoms with Crippen LogP contribution in [0.2, 0.25) is 0 Å². The van der Waals surface area contributed by atoms with Crippen LogP contribution in [0.5, 0.6) is 11.5 Å². The molecule has 244 valence electrons. The molecule has 0 aromatic heterocycles. The summed E-state index contributed by atoms with van der Waals surface area (Å²) in [5.74, 6) is 1.65. The van der Waals surface area contributed by atoms with Crippen LogP contribution in [-0.2, 0) is 22.4 Å². The van der Waals surface area contributed by atoms with E-state index in [9.17, 15) is 4.79 Å². The first-order valence-corrected chi connectivity index (χ1v) is 16.3. The molecular weight excluding hydrogens is 600 g/mol. The van der Waals surface area contributed by atoms with Crippen LogP contribution >= 0.6 is 0 Å². The van der Waals surface area contributed by atoms with Gasteiger partial charge in [-0.25, -0.2) is 4.99 Å². The number of aliphatic imine (C=N–C) groups is 1. The molecule has 1 heterocycles. The van der Waals surface area contributed by atoms with Crippen LogP contribution in [0.15, 0.2) is 138 Å². The molecule has 2 atom stereocenters. The summed E-state index contributed by atoms with van der Waals surface area (Å²) in [4.78, 5) is 19.8. The number of amides is 1. The van der Waals surface area contributed by atoms with Gasteiger partial charge in [-0.1, -0.05) is 103 Å². The standard InChI is InChI=1S/C41H40N2O5/c1-46-37-16-9-8-15-33(37)25-26-42-40(45)41(29-30-11-4-2-5-12-30)38(34-19-17-32(18-20-34)31-13-6-3-7-14-31)48-39(43-41)35-21-23-36(24-22-35)47-28-10-27-44/h2-9,11-24,38,44H,10,25-29H2,1H3,(H,42,45)/t38-,41-/m1/s1. The summed E-state index contributed by atoms with van der Waals surface area (Å²) in [6.45, 7) is 0.893. The van der Waals surface area contributed by atoms with E-state index in [-0.39, 0.29) is 12.5 Å². The van der Waals surface area contributed by atoms with Gasteiger partial charge >= 0.3 is 0 Å². The molecule has 0 aliphatic carbocycles. The van der Waals surface area contributed by atoms with E-state index in [4.69, 9.17) is 24.3 Å². The van der Waals surface area contributed by atoms with Crippen LogP contribution in [-0.4, -0.2) is 49.3 Å². The van der Waals surface area contributed by atoms with Gasteiger partial charge in [0.05, 0.1) is 13.7 Å². The van der Waals surface area contributed by atoms with Gasteiger partial charge in [-0.15, -0.1) is 0 Å². The summed E-state index contributed by atoms with van der Waals surface area (Å²) in [6.07, 6.45) is 0.800. The lowest BCUT2D eigenvalue weighted by atomic mass is 9.81. The van der Waals surface area contributed by atoms with Gasteiger partial charge in [0.25, 0.3) is 5.91 Å². The number of para-hydroxylation sites is 1. The highest BCUT2D eigenvalue weighted by Crippen LogP contribution is 2.43. The number of nitrogens with zero attached hydrogens (tertiary/aromatic N) is 1. The Morgan fingerprint density at radius 3 is 2.17 bits per heavy atom. The third-order valence-corrected chi connectivity index (χ3v) is 8.54. The van der Waals surface area contributed by atoms with Crippen molar-refractivity contribution in [3.63, 3.8) is 0 Å². The molecule has 0 saturated carbocycles. The maximum absolute atomic E-state index is 14.6. The first kappa shape index (κ1) is 32.5. The lowest BCUT2D eigenvalue weighted by Gasteiger charge is -2.31. The number of hydrogen-bond acceptors (Lipinski definition) is 6. The fourth-order valence-electron chi connectivity index (χ4n) is 6.04. The zero-order chi connectivity index (χ0) is 33.2. The number of hydrogen-bond donors (Lipinski definition) is 2. The van der Waals surface area contributed by atoms with Crippen molar-refractivity contribution in [3.8, 4) is 22.6 Å². The average Bonchev–Trinajstić information content (AvgIpc) is 3.53. The molecule has 48 heavy (non-hydrogen) atoms. The molecule has 1 aliphatic rings. The fourth-order valence-corrected chi connectivity index (χ4v) is 6.04. The Hall–Kier alpha value is -5.40. The zero-order valence-electron chi connectivity index (χ0n) is 27.0. The molecule has 0 unspecified atom stereocenters. The van der Waals surface area contributed by atoms with Crippen molar-refractivity contribution in [1.82, 2.24) is 5.32 Å². The van der Waals surface area contributed by atoms with E-state index >= 15 is 0 Å². The second-order valence-electron chi connectivity index (χ2n) is 11.8. The third-order valence-electron chi connectivity index (χ3n) is 8.54. The normalized spacial score (nSPS) is 16.9. The molecule has 0 spiro atoms. The lowest BCUT2D eigenvalue weighted by molar-refractivity contribution is -0.128. The van der Waals surface area contributed by atoms with Gasteiger partial charge < -0.3 is 24.6 Å². The predicted octanol–water partition coefficient (Wildman–Crippen LogP) is 6.98. The highest BCUT2D eigenvalue weighted by Gasteiger charge is 2.53. The number of ether oxygens (including phenoxy) is 3. The third kappa shape index (κ3) is 7.42. The average molecular weight is 641 g/mol. The molecule has 1 amide bonds. The highest BCUT2D eigenvalue weighted by molar-refractivity contribution is 6.01.